The van der Waals surface area contributed by atoms with Crippen LogP contribution in [0, 0.1) is 0 Å². The van der Waals surface area contributed by atoms with Gasteiger partial charge in [-0.15, -0.1) is 0 Å². The summed E-state index contributed by atoms with van der Waals surface area (Å²) in [6, 6.07) is 11.8. The van der Waals surface area contributed by atoms with Crippen molar-refractivity contribution in [3.05, 3.63) is 79.0 Å². The van der Waals surface area contributed by atoms with E-state index >= 15 is 0 Å². The van der Waals surface area contributed by atoms with Crippen molar-refractivity contribution in [3.63, 3.8) is 0 Å². The first kappa shape index (κ1) is 28.4. The number of Topliss-reactive ketones (excluding diaryl/α,β-unsaturated/α-hetero) is 1. The van der Waals surface area contributed by atoms with Crippen LogP contribution in [0.2, 0.25) is 10.0 Å². The minimum absolute atomic E-state index is 0.00978. The zero-order valence-corrected chi connectivity index (χ0v) is 22.6. The van der Waals surface area contributed by atoms with Gasteiger partial charge in [0, 0.05) is 23.7 Å². The fraction of sp³-hybridized carbons (Fsp3) is 0.385. The summed E-state index contributed by atoms with van der Waals surface area (Å²) in [7, 11) is 0. The summed E-state index contributed by atoms with van der Waals surface area (Å²) in [6.07, 6.45) is 0.162. The summed E-state index contributed by atoms with van der Waals surface area (Å²) in [4.78, 5) is 43.8. The number of nitrogens with one attached hydrogen (secondary N) is 1. The van der Waals surface area contributed by atoms with Crippen LogP contribution >= 0.6 is 23.2 Å². The molecule has 0 aliphatic carbocycles. The molecule has 0 saturated carbocycles. The summed E-state index contributed by atoms with van der Waals surface area (Å²) in [5.41, 5.74) is -1.87. The van der Waals surface area contributed by atoms with E-state index in [1.807, 2.05) is 13.8 Å². The Balaban J connectivity index is 2.11. The molecule has 2 aromatic carbocycles. The number of carbonyl (C=O) groups is 1. The molecule has 0 aliphatic rings. The maximum Gasteiger partial charge on any atom is 0.355 e. The lowest BCUT2D eigenvalue weighted by molar-refractivity contribution is -0.126. The first-order valence-electron chi connectivity index (χ1n) is 11.8. The van der Waals surface area contributed by atoms with Crippen molar-refractivity contribution >= 4 is 40.6 Å². The van der Waals surface area contributed by atoms with E-state index in [1.165, 1.54) is 18.4 Å². The van der Waals surface area contributed by atoms with Gasteiger partial charge in [0.15, 0.2) is 5.78 Å². The summed E-state index contributed by atoms with van der Waals surface area (Å²) in [6.45, 7) is 6.62. The van der Waals surface area contributed by atoms with Crippen LogP contribution in [0.5, 0.6) is 5.75 Å². The van der Waals surface area contributed by atoms with Crippen LogP contribution in [-0.4, -0.2) is 37.7 Å². The van der Waals surface area contributed by atoms with Crippen LogP contribution in [-0.2, 0) is 16.9 Å². The number of aliphatic hydroxyl groups is 1. The second-order valence-corrected chi connectivity index (χ2v) is 10.1. The molecule has 3 aromatic rings. The van der Waals surface area contributed by atoms with Crippen LogP contribution in [0.3, 0.4) is 0 Å². The molecule has 0 atom stereocenters. The zero-order chi connectivity index (χ0) is 27.3. The third kappa shape index (κ3) is 6.80. The molecule has 3 rings (SSSR count). The van der Waals surface area contributed by atoms with Gasteiger partial charge in [-0.2, -0.15) is 4.98 Å². The summed E-state index contributed by atoms with van der Waals surface area (Å²) in [5.74, 6) is 0.106. The monoisotopic (exact) mass is 548 g/mol. The van der Waals surface area contributed by atoms with Gasteiger partial charge in [-0.05, 0) is 70.0 Å². The fourth-order valence-electron chi connectivity index (χ4n) is 3.71. The number of anilines is 2. The van der Waals surface area contributed by atoms with E-state index in [2.05, 4.69) is 10.3 Å². The summed E-state index contributed by atoms with van der Waals surface area (Å²) in [5, 5.41) is 13.0. The first-order valence-corrected chi connectivity index (χ1v) is 12.6. The number of hydrogen-bond donors (Lipinski definition) is 2. The number of ketones is 1. The van der Waals surface area contributed by atoms with Gasteiger partial charge in [0.25, 0.3) is 0 Å². The van der Waals surface area contributed by atoms with E-state index in [4.69, 9.17) is 33.0 Å². The Bertz CT molecular complexity index is 1380. The van der Waals surface area contributed by atoms with Crippen LogP contribution < -0.4 is 21.4 Å². The smallest absolute Gasteiger partial charge is 0.355 e. The highest BCUT2D eigenvalue weighted by atomic mass is 35.5. The summed E-state index contributed by atoms with van der Waals surface area (Å²) < 4.78 is 7.79. The highest BCUT2D eigenvalue weighted by Gasteiger charge is 2.33. The highest BCUT2D eigenvalue weighted by Crippen LogP contribution is 2.29. The molecule has 0 unspecified atom stereocenters. The third-order valence-electron chi connectivity index (χ3n) is 5.68. The lowest BCUT2D eigenvalue weighted by Gasteiger charge is -2.26. The predicted molar refractivity (Wildman–Crippen MR) is 144 cm³/mol. The third-order valence-corrected chi connectivity index (χ3v) is 6.23. The van der Waals surface area contributed by atoms with Crippen molar-refractivity contribution in [2.45, 2.75) is 58.7 Å². The van der Waals surface area contributed by atoms with Crippen LogP contribution in [0.4, 0.5) is 11.6 Å². The summed E-state index contributed by atoms with van der Waals surface area (Å²) >= 11 is 12.4. The maximum absolute atomic E-state index is 13.7. The van der Waals surface area contributed by atoms with Gasteiger partial charge >= 0.3 is 11.4 Å². The van der Waals surface area contributed by atoms with Gasteiger partial charge in [-0.3, -0.25) is 9.36 Å². The molecule has 0 saturated heterocycles. The van der Waals surface area contributed by atoms with Gasteiger partial charge in [-0.25, -0.2) is 14.2 Å². The van der Waals surface area contributed by atoms with Gasteiger partial charge in [-0.1, -0.05) is 35.3 Å². The number of aromatic nitrogens is 3. The quantitative estimate of drug-likeness (QED) is 0.365. The van der Waals surface area contributed by atoms with Crippen molar-refractivity contribution in [2.75, 3.05) is 11.9 Å². The Morgan fingerprint density at radius 1 is 1.14 bits per heavy atom. The molecule has 2 N–H and O–H groups in total. The largest absolute Gasteiger partial charge is 0.489 e. The normalized spacial score (nSPS) is 11.6. The van der Waals surface area contributed by atoms with Crippen LogP contribution in [0.1, 0.15) is 46.1 Å². The standard InChI is InChI=1S/C26H30Cl2N4O5/c1-16(2)37-21-12-11-19(14-20(21)28)29-23-30-24(35)32(26(3,4)22(34)6-5-13-33)25(36)31(23)15-17-7-9-18(27)10-8-17/h7-12,14,16,33H,5-6,13,15H2,1-4H3,(H,29,30,35). The van der Waals surface area contributed by atoms with Crippen molar-refractivity contribution in [2.24, 2.45) is 0 Å². The highest BCUT2D eigenvalue weighted by molar-refractivity contribution is 6.32. The van der Waals surface area contributed by atoms with Gasteiger partial charge in [0.2, 0.25) is 5.95 Å². The number of benzene rings is 2. The number of carbonyl (C=O) groups excluding carboxylic acids is 1. The second kappa shape index (κ2) is 11.9. The molecule has 198 valence electrons. The van der Waals surface area contributed by atoms with Gasteiger partial charge in [0.05, 0.1) is 17.7 Å². The van der Waals surface area contributed by atoms with E-state index in [0.29, 0.717) is 21.5 Å². The molecule has 0 spiro atoms. The Hall–Kier alpha value is -3.14. The van der Waals surface area contributed by atoms with E-state index in [1.54, 1.807) is 42.5 Å². The van der Waals surface area contributed by atoms with Crippen molar-refractivity contribution in [1.82, 2.24) is 14.1 Å². The first-order chi connectivity index (χ1) is 17.4. The molecule has 0 bridgehead atoms. The van der Waals surface area contributed by atoms with E-state index < -0.39 is 16.9 Å². The second-order valence-electron chi connectivity index (χ2n) is 9.29. The van der Waals surface area contributed by atoms with Gasteiger partial charge < -0.3 is 15.2 Å². The number of nitrogens with zero attached hydrogens (tertiary/aromatic N) is 3. The molecule has 37 heavy (non-hydrogen) atoms. The molecule has 11 heteroatoms. The van der Waals surface area contributed by atoms with Crippen molar-refractivity contribution < 1.29 is 14.6 Å². The maximum atomic E-state index is 13.7. The van der Waals surface area contributed by atoms with Crippen molar-refractivity contribution in [1.29, 1.82) is 0 Å². The Morgan fingerprint density at radius 2 is 1.81 bits per heavy atom. The Kier molecular flexibility index (Phi) is 9.17. The topological polar surface area (TPSA) is 115 Å². The average Bonchev–Trinajstić information content (AvgIpc) is 2.82. The van der Waals surface area contributed by atoms with Crippen LogP contribution in [0.15, 0.2) is 52.1 Å². The molecule has 0 aliphatic heterocycles. The van der Waals surface area contributed by atoms with E-state index in [-0.39, 0.29) is 43.8 Å². The molecule has 1 heterocycles. The molecule has 0 radical (unpaired) electrons. The van der Waals surface area contributed by atoms with Crippen molar-refractivity contribution in [3.8, 4) is 5.75 Å². The number of hydrogen-bond acceptors (Lipinski definition) is 7. The SMILES string of the molecule is CC(C)Oc1ccc(Nc2nc(=O)n(C(C)(C)C(=O)CCCO)c(=O)n2Cc2ccc(Cl)cc2)cc1Cl. The Morgan fingerprint density at radius 3 is 2.41 bits per heavy atom. The molecule has 0 amide bonds. The molecule has 1 aromatic heterocycles. The predicted octanol–water partition coefficient (Wildman–Crippen LogP) is 4.37. The van der Waals surface area contributed by atoms with Crippen LogP contribution in [0.25, 0.3) is 0 Å². The lowest BCUT2D eigenvalue weighted by atomic mass is 9.95. The zero-order valence-electron chi connectivity index (χ0n) is 21.1. The van der Waals surface area contributed by atoms with E-state index in [0.717, 1.165) is 10.1 Å². The number of ether oxygens (including phenoxy) is 1. The molecule has 9 nitrogen and oxygen atoms in total. The lowest BCUT2D eigenvalue weighted by Crippen LogP contribution is -2.54. The average molecular weight is 549 g/mol. The molecular weight excluding hydrogens is 519 g/mol. The molecule has 0 fully saturated rings. The number of aliphatic hydroxyl groups excluding tert-OH is 1. The fourth-order valence-corrected chi connectivity index (χ4v) is 4.06. The minimum atomic E-state index is -1.48. The number of halogens is 2. The molecular formula is C26H30Cl2N4O5. The Labute approximate surface area is 224 Å². The minimum Gasteiger partial charge on any atom is -0.489 e. The van der Waals surface area contributed by atoms with E-state index in [9.17, 15) is 14.4 Å². The number of rotatable bonds is 11. The van der Waals surface area contributed by atoms with Gasteiger partial charge in [0.1, 0.15) is 11.3 Å².